The van der Waals surface area contributed by atoms with E-state index in [0.717, 1.165) is 12.1 Å². The lowest BCUT2D eigenvalue weighted by Gasteiger charge is -2.18. The fourth-order valence-corrected chi connectivity index (χ4v) is 2.80. The van der Waals surface area contributed by atoms with Gasteiger partial charge >= 0.3 is 6.18 Å². The second-order valence-corrected chi connectivity index (χ2v) is 6.67. The molecule has 0 aromatic heterocycles. The van der Waals surface area contributed by atoms with E-state index in [0.29, 0.717) is 11.3 Å². The van der Waals surface area contributed by atoms with Crippen molar-refractivity contribution in [1.82, 2.24) is 0 Å². The van der Waals surface area contributed by atoms with Gasteiger partial charge in [0.2, 0.25) is 11.8 Å². The molecule has 0 aliphatic heterocycles. The van der Waals surface area contributed by atoms with E-state index in [1.807, 2.05) is 0 Å². The van der Waals surface area contributed by atoms with Crippen LogP contribution < -0.4 is 10.6 Å². The predicted molar refractivity (Wildman–Crippen MR) is 96.8 cm³/mol. The van der Waals surface area contributed by atoms with Gasteiger partial charge in [-0.05, 0) is 56.2 Å². The molecule has 1 saturated carbocycles. The number of nitrogens with one attached hydrogen (secondary N) is 2. The highest BCUT2D eigenvalue weighted by atomic mass is 19.4. The summed E-state index contributed by atoms with van der Waals surface area (Å²) in [6.07, 6.45) is -4.14. The Hall–Kier alpha value is -3.16. The molecule has 28 heavy (non-hydrogen) atoms. The molecule has 5 nitrogen and oxygen atoms in total. The zero-order valence-corrected chi connectivity index (χ0v) is 14.9. The molecule has 2 N–H and O–H groups in total. The highest BCUT2D eigenvalue weighted by Crippen LogP contribution is 2.48. The topological polar surface area (TPSA) is 75.3 Å². The quantitative estimate of drug-likeness (QED) is 0.592. The van der Waals surface area contributed by atoms with Crippen LogP contribution in [0.5, 0.6) is 0 Å². The number of amides is 2. The maximum atomic E-state index is 13.1. The van der Waals surface area contributed by atoms with Crippen molar-refractivity contribution in [2.24, 2.45) is 5.41 Å². The Balaban J connectivity index is 1.74. The molecule has 0 bridgehead atoms. The number of alkyl halides is 3. The van der Waals surface area contributed by atoms with Gasteiger partial charge in [-0.3, -0.25) is 14.4 Å². The minimum absolute atomic E-state index is 0.126. The number of rotatable bonds is 5. The Labute approximate surface area is 158 Å². The molecule has 8 heteroatoms. The fraction of sp³-hybridized carbons (Fsp3) is 0.250. The van der Waals surface area contributed by atoms with Gasteiger partial charge in [-0.15, -0.1) is 0 Å². The number of anilines is 2. The maximum absolute atomic E-state index is 13.1. The lowest BCUT2D eigenvalue weighted by atomic mass is 10.0. The summed E-state index contributed by atoms with van der Waals surface area (Å²) in [4.78, 5) is 36.4. The largest absolute Gasteiger partial charge is 0.418 e. The lowest BCUT2D eigenvalue weighted by molar-refractivity contribution is -0.137. The third-order valence-electron chi connectivity index (χ3n) is 4.65. The Bertz CT molecular complexity index is 932. The van der Waals surface area contributed by atoms with Gasteiger partial charge in [0.25, 0.3) is 0 Å². The molecule has 0 unspecified atom stereocenters. The van der Waals surface area contributed by atoms with Crippen molar-refractivity contribution in [1.29, 1.82) is 0 Å². The van der Waals surface area contributed by atoms with Gasteiger partial charge in [0, 0.05) is 11.3 Å². The molecular weight excluding hydrogens is 373 g/mol. The standard InChI is InChI=1S/C20H17F3N2O3/c1-12(26)13-6-8-14(9-7-13)24-17(27)19(10-11-19)18(28)25-16-5-3-2-4-15(16)20(21,22)23/h2-9H,10-11H2,1H3,(H,24,27)(H,25,28). The smallest absolute Gasteiger partial charge is 0.325 e. The van der Waals surface area contributed by atoms with Crippen LogP contribution in [0.1, 0.15) is 35.7 Å². The van der Waals surface area contributed by atoms with Crippen LogP contribution in [0.2, 0.25) is 0 Å². The Morgan fingerprint density at radius 2 is 1.46 bits per heavy atom. The van der Waals surface area contributed by atoms with Gasteiger partial charge in [0.15, 0.2) is 5.78 Å². The van der Waals surface area contributed by atoms with Crippen LogP contribution in [0, 0.1) is 5.41 Å². The third-order valence-corrected chi connectivity index (χ3v) is 4.65. The summed E-state index contributed by atoms with van der Waals surface area (Å²) in [7, 11) is 0. The molecule has 0 atom stereocenters. The first kappa shape index (κ1) is 19.6. The van der Waals surface area contributed by atoms with Gasteiger partial charge in [-0.2, -0.15) is 13.2 Å². The van der Waals surface area contributed by atoms with E-state index in [2.05, 4.69) is 10.6 Å². The van der Waals surface area contributed by atoms with Gasteiger partial charge in [-0.1, -0.05) is 12.1 Å². The number of hydrogen-bond donors (Lipinski definition) is 2. The number of hydrogen-bond acceptors (Lipinski definition) is 3. The average Bonchev–Trinajstić information content (AvgIpc) is 3.44. The number of benzene rings is 2. The summed E-state index contributed by atoms with van der Waals surface area (Å²) in [6.45, 7) is 1.41. The number of para-hydroxylation sites is 1. The van der Waals surface area contributed by atoms with Gasteiger partial charge in [0.05, 0.1) is 11.3 Å². The predicted octanol–water partition coefficient (Wildman–Crippen LogP) is 4.27. The summed E-state index contributed by atoms with van der Waals surface area (Å²) in [5.41, 5.74) is -1.90. The van der Waals surface area contributed by atoms with E-state index in [9.17, 15) is 27.6 Å². The highest BCUT2D eigenvalue weighted by molar-refractivity contribution is 6.17. The zero-order chi connectivity index (χ0) is 20.5. The number of halogens is 3. The van der Waals surface area contributed by atoms with Crippen LogP contribution in [-0.4, -0.2) is 17.6 Å². The van der Waals surface area contributed by atoms with Crippen molar-refractivity contribution in [2.45, 2.75) is 25.9 Å². The SMILES string of the molecule is CC(=O)c1ccc(NC(=O)C2(C(=O)Nc3ccccc3C(F)(F)F)CC2)cc1. The molecule has 2 aromatic carbocycles. The minimum Gasteiger partial charge on any atom is -0.325 e. The molecule has 2 amide bonds. The molecular formula is C20H17F3N2O3. The molecule has 1 aliphatic rings. The lowest BCUT2D eigenvalue weighted by Crippen LogP contribution is -2.36. The Morgan fingerprint density at radius 1 is 0.893 bits per heavy atom. The fourth-order valence-electron chi connectivity index (χ4n) is 2.80. The van der Waals surface area contributed by atoms with Crippen molar-refractivity contribution in [3.8, 4) is 0 Å². The molecule has 2 aromatic rings. The van der Waals surface area contributed by atoms with Gasteiger partial charge in [-0.25, -0.2) is 0 Å². The third kappa shape index (κ3) is 3.90. The van der Waals surface area contributed by atoms with Crippen LogP contribution in [0.25, 0.3) is 0 Å². The minimum atomic E-state index is -4.62. The van der Waals surface area contributed by atoms with Gasteiger partial charge in [0.1, 0.15) is 5.41 Å². The summed E-state index contributed by atoms with van der Waals surface area (Å²) < 4.78 is 39.3. The molecule has 0 heterocycles. The van der Waals surface area contributed by atoms with E-state index in [1.165, 1.54) is 43.3 Å². The van der Waals surface area contributed by atoms with E-state index in [4.69, 9.17) is 0 Å². The zero-order valence-electron chi connectivity index (χ0n) is 14.9. The second kappa shape index (κ2) is 7.10. The number of carbonyl (C=O) groups excluding carboxylic acids is 3. The van der Waals surface area contributed by atoms with E-state index in [1.54, 1.807) is 0 Å². The van der Waals surface area contributed by atoms with Crippen LogP contribution in [0.4, 0.5) is 24.5 Å². The summed E-state index contributed by atoms with van der Waals surface area (Å²) in [5.74, 6) is -1.49. The number of ketones is 1. The Kier molecular flexibility index (Phi) is 4.97. The highest BCUT2D eigenvalue weighted by Gasteiger charge is 2.56. The van der Waals surface area contributed by atoms with Crippen LogP contribution >= 0.6 is 0 Å². The van der Waals surface area contributed by atoms with E-state index >= 15 is 0 Å². The van der Waals surface area contributed by atoms with Gasteiger partial charge < -0.3 is 10.6 Å². The molecule has 0 saturated heterocycles. The van der Waals surface area contributed by atoms with Crippen LogP contribution in [0.3, 0.4) is 0 Å². The Morgan fingerprint density at radius 3 is 2.00 bits per heavy atom. The first-order valence-electron chi connectivity index (χ1n) is 8.54. The summed E-state index contributed by atoms with van der Waals surface area (Å²) >= 11 is 0. The van der Waals surface area contributed by atoms with E-state index < -0.39 is 29.0 Å². The van der Waals surface area contributed by atoms with Crippen molar-refractivity contribution >= 4 is 29.0 Å². The maximum Gasteiger partial charge on any atom is 0.418 e. The number of carbonyl (C=O) groups is 3. The van der Waals surface area contributed by atoms with Crippen molar-refractivity contribution in [3.63, 3.8) is 0 Å². The first-order chi connectivity index (χ1) is 13.1. The van der Waals surface area contributed by atoms with E-state index in [-0.39, 0.29) is 24.3 Å². The van der Waals surface area contributed by atoms with Crippen molar-refractivity contribution in [3.05, 3.63) is 59.7 Å². The normalized spacial score (nSPS) is 14.9. The summed E-state index contributed by atoms with van der Waals surface area (Å²) in [5, 5.41) is 4.84. The first-order valence-corrected chi connectivity index (χ1v) is 8.54. The van der Waals surface area contributed by atoms with Crippen molar-refractivity contribution in [2.75, 3.05) is 10.6 Å². The monoisotopic (exact) mass is 390 g/mol. The molecule has 1 aliphatic carbocycles. The van der Waals surface area contributed by atoms with Crippen LogP contribution in [-0.2, 0) is 15.8 Å². The molecule has 146 valence electrons. The summed E-state index contributed by atoms with van der Waals surface area (Å²) in [6, 6.07) is 10.8. The average molecular weight is 390 g/mol. The molecule has 0 radical (unpaired) electrons. The molecule has 1 fully saturated rings. The van der Waals surface area contributed by atoms with Crippen LogP contribution in [0.15, 0.2) is 48.5 Å². The second-order valence-electron chi connectivity index (χ2n) is 6.67. The van der Waals surface area contributed by atoms with Crippen molar-refractivity contribution < 1.29 is 27.6 Å². The molecule has 0 spiro atoms. The number of Topliss-reactive ketones (excluding diaryl/α,β-unsaturated/α-hetero) is 1. The molecule has 3 rings (SSSR count).